The van der Waals surface area contributed by atoms with E-state index in [1.807, 2.05) is 23.1 Å². The van der Waals surface area contributed by atoms with E-state index < -0.39 is 11.8 Å². The van der Waals surface area contributed by atoms with Crippen molar-refractivity contribution in [1.29, 1.82) is 0 Å². The molecule has 0 atom stereocenters. The lowest BCUT2D eigenvalue weighted by Crippen LogP contribution is -2.47. The molecular weight excluding hydrogens is 397 g/mol. The number of piperazine rings is 1. The van der Waals surface area contributed by atoms with Crippen LogP contribution in [-0.2, 0) is 16.1 Å². The number of carbonyl (C=O) groups excluding carboxylic acids is 2. The fourth-order valence-electron chi connectivity index (χ4n) is 3.59. The average Bonchev–Trinajstić information content (AvgIpc) is 2.93. The number of halogens is 2. The van der Waals surface area contributed by atoms with E-state index >= 15 is 0 Å². The minimum atomic E-state index is -0.526. The topological polar surface area (TPSA) is 43.9 Å². The number of hydrogen-bond acceptors (Lipinski definition) is 4. The van der Waals surface area contributed by atoms with Gasteiger partial charge >= 0.3 is 0 Å². The van der Waals surface area contributed by atoms with E-state index in [1.165, 1.54) is 5.56 Å². The highest BCUT2D eigenvalue weighted by Gasteiger charge is 2.42. The maximum absolute atomic E-state index is 13.0. The van der Waals surface area contributed by atoms with Gasteiger partial charge in [-0.3, -0.25) is 14.5 Å². The molecule has 1 fully saturated rings. The third-order valence-electron chi connectivity index (χ3n) is 5.04. The molecular formula is C21H19Cl2N3O2. The van der Waals surface area contributed by atoms with Gasteiger partial charge < -0.3 is 4.90 Å². The SMILES string of the molecule is O=C1C(Cl)=C(N2CCN(Cc3ccccc3)CC2)C(=O)N1c1ccccc1Cl. The zero-order valence-corrected chi connectivity index (χ0v) is 16.7. The molecule has 144 valence electrons. The van der Waals surface area contributed by atoms with Gasteiger partial charge in [-0.15, -0.1) is 0 Å². The quantitative estimate of drug-likeness (QED) is 0.716. The van der Waals surface area contributed by atoms with Gasteiger partial charge in [0.05, 0.1) is 10.7 Å². The molecule has 2 amide bonds. The van der Waals surface area contributed by atoms with E-state index in [1.54, 1.807) is 24.3 Å². The van der Waals surface area contributed by atoms with Gasteiger partial charge in [0.15, 0.2) is 0 Å². The number of benzene rings is 2. The Morgan fingerprint density at radius 1 is 0.786 bits per heavy atom. The second-order valence-electron chi connectivity index (χ2n) is 6.81. The summed E-state index contributed by atoms with van der Waals surface area (Å²) in [6, 6.07) is 17.0. The third-order valence-corrected chi connectivity index (χ3v) is 5.70. The molecule has 1 saturated heterocycles. The lowest BCUT2D eigenvalue weighted by molar-refractivity contribution is -0.121. The highest BCUT2D eigenvalue weighted by Crippen LogP contribution is 2.35. The molecule has 2 heterocycles. The summed E-state index contributed by atoms with van der Waals surface area (Å²) in [6.45, 7) is 3.70. The highest BCUT2D eigenvalue weighted by molar-refractivity contribution is 6.53. The predicted molar refractivity (Wildman–Crippen MR) is 110 cm³/mol. The second kappa shape index (κ2) is 7.95. The molecule has 0 spiro atoms. The predicted octanol–water partition coefficient (Wildman–Crippen LogP) is 3.48. The maximum Gasteiger partial charge on any atom is 0.283 e. The van der Waals surface area contributed by atoms with Crippen LogP contribution in [0.5, 0.6) is 0 Å². The maximum atomic E-state index is 13.0. The molecule has 0 radical (unpaired) electrons. The zero-order chi connectivity index (χ0) is 19.7. The van der Waals surface area contributed by atoms with E-state index in [2.05, 4.69) is 17.0 Å². The largest absolute Gasteiger partial charge is 0.363 e. The number of rotatable bonds is 4. The van der Waals surface area contributed by atoms with Crippen molar-refractivity contribution in [2.24, 2.45) is 0 Å². The normalized spacial score (nSPS) is 18.4. The lowest BCUT2D eigenvalue weighted by Gasteiger charge is -2.36. The average molecular weight is 416 g/mol. The summed E-state index contributed by atoms with van der Waals surface area (Å²) in [6.07, 6.45) is 0. The van der Waals surface area contributed by atoms with Gasteiger partial charge in [-0.2, -0.15) is 0 Å². The number of para-hydroxylation sites is 1. The minimum Gasteiger partial charge on any atom is -0.363 e. The van der Waals surface area contributed by atoms with Crippen molar-refractivity contribution in [2.75, 3.05) is 31.1 Å². The van der Waals surface area contributed by atoms with Crippen LogP contribution < -0.4 is 4.90 Å². The van der Waals surface area contributed by atoms with Crippen molar-refractivity contribution in [1.82, 2.24) is 9.80 Å². The molecule has 7 heteroatoms. The minimum absolute atomic E-state index is 0.0403. The van der Waals surface area contributed by atoms with Gasteiger partial charge in [0, 0.05) is 32.7 Å². The first kappa shape index (κ1) is 19.0. The molecule has 4 rings (SSSR count). The van der Waals surface area contributed by atoms with Crippen LogP contribution in [0.4, 0.5) is 5.69 Å². The van der Waals surface area contributed by atoms with Crippen molar-refractivity contribution in [3.63, 3.8) is 0 Å². The number of carbonyl (C=O) groups is 2. The third kappa shape index (κ3) is 3.53. The van der Waals surface area contributed by atoms with Crippen LogP contribution in [-0.4, -0.2) is 47.8 Å². The molecule has 2 aromatic rings. The first-order valence-electron chi connectivity index (χ1n) is 9.10. The smallest absolute Gasteiger partial charge is 0.283 e. The Morgan fingerprint density at radius 2 is 1.43 bits per heavy atom. The van der Waals surface area contributed by atoms with E-state index in [0.29, 0.717) is 23.8 Å². The van der Waals surface area contributed by atoms with Crippen LogP contribution >= 0.6 is 23.2 Å². The van der Waals surface area contributed by atoms with Crippen molar-refractivity contribution in [3.8, 4) is 0 Å². The van der Waals surface area contributed by atoms with E-state index in [4.69, 9.17) is 23.2 Å². The summed E-state index contributed by atoms with van der Waals surface area (Å²) in [5, 5.41) is 0.295. The molecule has 0 aliphatic carbocycles. The first-order chi connectivity index (χ1) is 13.6. The first-order valence-corrected chi connectivity index (χ1v) is 9.86. The summed E-state index contributed by atoms with van der Waals surface area (Å²) in [4.78, 5) is 30.9. The van der Waals surface area contributed by atoms with Crippen LogP contribution in [0.25, 0.3) is 0 Å². The molecule has 0 aromatic heterocycles. The monoisotopic (exact) mass is 415 g/mol. The Labute approximate surface area is 173 Å². The van der Waals surface area contributed by atoms with Crippen LogP contribution in [0.15, 0.2) is 65.3 Å². The van der Waals surface area contributed by atoms with Crippen molar-refractivity contribution < 1.29 is 9.59 Å². The van der Waals surface area contributed by atoms with Gasteiger partial charge in [0.25, 0.3) is 11.8 Å². The highest BCUT2D eigenvalue weighted by atomic mass is 35.5. The summed E-state index contributed by atoms with van der Waals surface area (Å²) in [5.41, 5.74) is 1.88. The molecule has 0 bridgehead atoms. The summed E-state index contributed by atoms with van der Waals surface area (Å²) < 4.78 is 0. The number of amides is 2. The molecule has 0 N–H and O–H groups in total. The van der Waals surface area contributed by atoms with Gasteiger partial charge in [0.2, 0.25) is 0 Å². The Hall–Kier alpha value is -2.34. The fraction of sp³-hybridized carbons (Fsp3) is 0.238. The fourth-order valence-corrected chi connectivity index (χ4v) is 4.09. The summed E-state index contributed by atoms with van der Waals surface area (Å²) in [7, 11) is 0. The van der Waals surface area contributed by atoms with Gasteiger partial charge in [-0.25, -0.2) is 4.90 Å². The molecule has 2 aromatic carbocycles. The number of hydrogen-bond donors (Lipinski definition) is 0. The Morgan fingerprint density at radius 3 is 2.11 bits per heavy atom. The van der Waals surface area contributed by atoms with Crippen molar-refractivity contribution in [3.05, 3.63) is 75.9 Å². The molecule has 5 nitrogen and oxygen atoms in total. The van der Waals surface area contributed by atoms with Crippen molar-refractivity contribution in [2.45, 2.75) is 6.54 Å². The summed E-state index contributed by atoms with van der Waals surface area (Å²) >= 11 is 12.5. The number of nitrogens with zero attached hydrogens (tertiary/aromatic N) is 3. The number of anilines is 1. The van der Waals surface area contributed by atoms with Crippen LogP contribution in [0.1, 0.15) is 5.56 Å². The second-order valence-corrected chi connectivity index (χ2v) is 7.59. The summed E-state index contributed by atoms with van der Waals surface area (Å²) in [5.74, 6) is -0.943. The Balaban J connectivity index is 1.47. The number of imide groups is 1. The van der Waals surface area contributed by atoms with Crippen LogP contribution in [0.2, 0.25) is 5.02 Å². The van der Waals surface area contributed by atoms with Crippen LogP contribution in [0.3, 0.4) is 0 Å². The van der Waals surface area contributed by atoms with E-state index in [0.717, 1.165) is 24.5 Å². The van der Waals surface area contributed by atoms with Crippen molar-refractivity contribution >= 4 is 40.7 Å². The van der Waals surface area contributed by atoms with Gasteiger partial charge in [-0.1, -0.05) is 65.7 Å². The van der Waals surface area contributed by atoms with E-state index in [9.17, 15) is 9.59 Å². The molecule has 0 saturated carbocycles. The standard InChI is InChI=1S/C21H19Cl2N3O2/c22-16-8-4-5-9-17(16)26-20(27)18(23)19(21(26)28)25-12-10-24(11-13-25)14-15-6-2-1-3-7-15/h1-9H,10-14H2. The Bertz CT molecular complexity index is 938. The molecule has 0 unspecified atom stereocenters. The van der Waals surface area contributed by atoms with Gasteiger partial charge in [-0.05, 0) is 17.7 Å². The lowest BCUT2D eigenvalue weighted by atomic mass is 10.2. The van der Waals surface area contributed by atoms with Crippen LogP contribution in [0, 0.1) is 0 Å². The zero-order valence-electron chi connectivity index (χ0n) is 15.1. The Kier molecular flexibility index (Phi) is 5.40. The molecule has 28 heavy (non-hydrogen) atoms. The van der Waals surface area contributed by atoms with Gasteiger partial charge in [0.1, 0.15) is 10.7 Å². The molecule has 2 aliphatic rings. The van der Waals surface area contributed by atoms with E-state index in [-0.39, 0.29) is 10.7 Å². The molecule has 2 aliphatic heterocycles.